The van der Waals surface area contributed by atoms with Gasteiger partial charge in [0.25, 0.3) is 0 Å². The van der Waals surface area contributed by atoms with E-state index < -0.39 is 33.0 Å². The van der Waals surface area contributed by atoms with E-state index >= 15 is 0 Å². The van der Waals surface area contributed by atoms with Crippen molar-refractivity contribution in [1.29, 1.82) is 5.26 Å². The van der Waals surface area contributed by atoms with E-state index in [1.165, 1.54) is 18.2 Å². The number of nitrogens with zero attached hydrogens (tertiary/aromatic N) is 3. The van der Waals surface area contributed by atoms with Crippen LogP contribution in [-0.2, 0) is 10.0 Å². The molecule has 33 heavy (non-hydrogen) atoms. The molecule has 0 amide bonds. The Morgan fingerprint density at radius 2 is 1.88 bits per heavy atom. The summed E-state index contributed by atoms with van der Waals surface area (Å²) < 4.78 is 79.9. The third kappa shape index (κ3) is 4.86. The number of aromatic nitrogens is 2. The lowest BCUT2D eigenvalue weighted by atomic mass is 10.1. The number of pyridine rings is 1. The summed E-state index contributed by atoms with van der Waals surface area (Å²) in [4.78, 5) is 3.68. The first kappa shape index (κ1) is 24.7. The average molecular weight is 483 g/mol. The van der Waals surface area contributed by atoms with Crippen molar-refractivity contribution in [2.45, 2.75) is 56.8 Å². The third-order valence-corrected chi connectivity index (χ3v) is 6.63. The van der Waals surface area contributed by atoms with Crippen molar-refractivity contribution in [3.8, 4) is 17.5 Å². The van der Waals surface area contributed by atoms with Gasteiger partial charge in [0, 0.05) is 17.6 Å². The van der Waals surface area contributed by atoms with Crippen molar-refractivity contribution in [1.82, 2.24) is 14.3 Å². The summed E-state index contributed by atoms with van der Waals surface area (Å²) in [5.41, 5.74) is 1.55. The van der Waals surface area contributed by atoms with E-state index in [0.29, 0.717) is 23.5 Å². The summed E-state index contributed by atoms with van der Waals surface area (Å²) in [7, 11) is -4.46. The Hall–Kier alpha value is -2.97. The zero-order valence-corrected chi connectivity index (χ0v) is 18.9. The molecule has 0 radical (unpaired) electrons. The molecule has 1 aliphatic rings. The van der Waals surface area contributed by atoms with E-state index in [4.69, 9.17) is 0 Å². The molecule has 1 aliphatic carbocycles. The standard InChI is InChI=1S/C20H16F4N4O2S.C2H6/c1-11(20(22,23)24)27-31(29,30)14-5-6-17(26-10-14)19-16(9-25)15-8-12(21)2-7-18(15)28(19)13-3-4-13;1-2/h2,5-8,10-11,13,27H,3-4H2,1H3;1-2H3/t11-;/m0./s1. The fraction of sp³-hybridized carbons (Fsp3) is 0.364. The quantitative estimate of drug-likeness (QED) is 0.500. The second-order valence-corrected chi connectivity index (χ2v) is 9.08. The summed E-state index contributed by atoms with van der Waals surface area (Å²) >= 11 is 0. The fourth-order valence-corrected chi connectivity index (χ4v) is 4.58. The van der Waals surface area contributed by atoms with Crippen molar-refractivity contribution in [3.63, 3.8) is 0 Å². The van der Waals surface area contributed by atoms with Crippen molar-refractivity contribution >= 4 is 20.9 Å². The molecular weight excluding hydrogens is 460 g/mol. The van der Waals surface area contributed by atoms with Crippen LogP contribution in [0.5, 0.6) is 0 Å². The molecule has 1 aromatic carbocycles. The number of nitriles is 1. The highest BCUT2D eigenvalue weighted by molar-refractivity contribution is 7.89. The number of hydrogen-bond acceptors (Lipinski definition) is 4. The normalized spacial score (nSPS) is 15.0. The van der Waals surface area contributed by atoms with Crippen molar-refractivity contribution in [2.24, 2.45) is 0 Å². The molecule has 0 spiro atoms. The Morgan fingerprint density at radius 3 is 2.39 bits per heavy atom. The van der Waals surface area contributed by atoms with E-state index in [2.05, 4.69) is 11.1 Å². The van der Waals surface area contributed by atoms with E-state index in [-0.39, 0.29) is 17.3 Å². The molecule has 2 aromatic heterocycles. The molecule has 1 atom stereocenters. The Morgan fingerprint density at radius 1 is 1.21 bits per heavy atom. The smallest absolute Gasteiger partial charge is 0.335 e. The number of sulfonamides is 1. The van der Waals surface area contributed by atoms with Gasteiger partial charge < -0.3 is 4.57 Å². The Balaban J connectivity index is 0.00000149. The van der Waals surface area contributed by atoms with Crippen molar-refractivity contribution in [3.05, 3.63) is 47.9 Å². The molecule has 3 aromatic rings. The van der Waals surface area contributed by atoms with Gasteiger partial charge >= 0.3 is 6.18 Å². The van der Waals surface area contributed by atoms with E-state index in [1.807, 2.05) is 18.4 Å². The number of halogens is 4. The van der Waals surface area contributed by atoms with Crippen molar-refractivity contribution < 1.29 is 26.0 Å². The van der Waals surface area contributed by atoms with Crippen LogP contribution < -0.4 is 4.72 Å². The van der Waals surface area contributed by atoms with Gasteiger partial charge in [-0.3, -0.25) is 4.98 Å². The maximum absolute atomic E-state index is 13.8. The molecule has 4 rings (SSSR count). The number of hydrogen-bond donors (Lipinski definition) is 1. The molecule has 176 valence electrons. The average Bonchev–Trinajstić information content (AvgIpc) is 3.55. The predicted octanol–water partition coefficient (Wildman–Crippen LogP) is 5.30. The summed E-state index contributed by atoms with van der Waals surface area (Å²) in [6, 6.07) is 6.50. The Labute approximate surface area is 188 Å². The highest BCUT2D eigenvalue weighted by Gasteiger charge is 2.39. The van der Waals surface area contributed by atoms with Gasteiger partial charge in [0.2, 0.25) is 10.0 Å². The first-order valence-electron chi connectivity index (χ1n) is 10.3. The maximum Gasteiger partial charge on any atom is 0.404 e. The summed E-state index contributed by atoms with van der Waals surface area (Å²) in [6.45, 7) is 4.70. The van der Waals surface area contributed by atoms with Crippen LogP contribution in [0, 0.1) is 17.1 Å². The highest BCUT2D eigenvalue weighted by Crippen LogP contribution is 2.44. The van der Waals surface area contributed by atoms with Gasteiger partial charge in [-0.1, -0.05) is 13.8 Å². The first-order chi connectivity index (χ1) is 15.5. The number of alkyl halides is 3. The van der Waals surface area contributed by atoms with Crippen LogP contribution in [0.3, 0.4) is 0 Å². The molecule has 0 bridgehead atoms. The molecule has 1 N–H and O–H groups in total. The number of benzene rings is 1. The molecule has 11 heteroatoms. The summed E-state index contributed by atoms with van der Waals surface area (Å²) in [5.74, 6) is -0.497. The molecular formula is C22H22F4N4O2S. The molecule has 6 nitrogen and oxygen atoms in total. The summed E-state index contributed by atoms with van der Waals surface area (Å²) in [6.07, 6.45) is -2.06. The van der Waals surface area contributed by atoms with E-state index in [1.54, 1.807) is 10.8 Å². The van der Waals surface area contributed by atoms with Crippen molar-refractivity contribution in [2.75, 3.05) is 0 Å². The van der Waals surface area contributed by atoms with E-state index in [9.17, 15) is 31.2 Å². The second kappa shape index (κ2) is 9.11. The van der Waals surface area contributed by atoms with Gasteiger partial charge in [0.15, 0.2) is 0 Å². The number of rotatable bonds is 5. The highest BCUT2D eigenvalue weighted by atomic mass is 32.2. The minimum atomic E-state index is -4.73. The van der Waals surface area contributed by atoms with Gasteiger partial charge in [-0.15, -0.1) is 0 Å². The Kier molecular flexibility index (Phi) is 6.81. The second-order valence-electron chi connectivity index (χ2n) is 7.36. The van der Waals surface area contributed by atoms with Gasteiger partial charge in [-0.05, 0) is 50.1 Å². The predicted molar refractivity (Wildman–Crippen MR) is 115 cm³/mol. The summed E-state index contributed by atoms with van der Waals surface area (Å²) in [5, 5.41) is 10.1. The molecule has 1 fully saturated rings. The van der Waals surface area contributed by atoms with Gasteiger partial charge in [0.1, 0.15) is 22.8 Å². The fourth-order valence-electron chi connectivity index (χ4n) is 3.41. The monoisotopic (exact) mass is 482 g/mol. The van der Waals surface area contributed by atoms with Crippen LogP contribution in [0.1, 0.15) is 45.2 Å². The van der Waals surface area contributed by atoms with Crippen LogP contribution in [0.25, 0.3) is 22.3 Å². The lowest BCUT2D eigenvalue weighted by molar-refractivity contribution is -0.147. The minimum Gasteiger partial charge on any atom is -0.335 e. The largest absolute Gasteiger partial charge is 0.404 e. The van der Waals surface area contributed by atoms with Crippen LogP contribution in [0.4, 0.5) is 17.6 Å². The van der Waals surface area contributed by atoms with Crippen LogP contribution in [0.15, 0.2) is 41.4 Å². The van der Waals surface area contributed by atoms with Crippen LogP contribution >= 0.6 is 0 Å². The number of nitrogens with one attached hydrogen (secondary N) is 1. The topological polar surface area (TPSA) is 87.8 Å². The zero-order chi connectivity index (χ0) is 24.6. The van der Waals surface area contributed by atoms with Gasteiger partial charge in [-0.25, -0.2) is 12.8 Å². The molecule has 0 saturated heterocycles. The number of fused-ring (bicyclic) bond motifs is 1. The van der Waals surface area contributed by atoms with Gasteiger partial charge in [0.05, 0.1) is 22.5 Å². The van der Waals surface area contributed by atoms with E-state index in [0.717, 1.165) is 25.1 Å². The zero-order valence-electron chi connectivity index (χ0n) is 18.1. The first-order valence-corrected chi connectivity index (χ1v) is 11.8. The van der Waals surface area contributed by atoms with Crippen LogP contribution in [-0.4, -0.2) is 30.2 Å². The van der Waals surface area contributed by atoms with Gasteiger partial charge in [-0.2, -0.15) is 23.2 Å². The lowest BCUT2D eigenvalue weighted by Gasteiger charge is -2.17. The SMILES string of the molecule is CC.C[C@H](NS(=O)(=O)c1ccc(-c2c(C#N)c3cc(F)ccc3n2C2CC2)nc1)C(F)(F)F. The third-order valence-electron chi connectivity index (χ3n) is 5.10. The minimum absolute atomic E-state index is 0.101. The molecule has 0 unspecified atom stereocenters. The Bertz CT molecular complexity index is 1310. The van der Waals surface area contributed by atoms with Crippen LogP contribution in [0.2, 0.25) is 0 Å². The maximum atomic E-state index is 13.8. The molecule has 0 aliphatic heterocycles. The molecule has 1 saturated carbocycles. The molecule has 2 heterocycles. The lowest BCUT2D eigenvalue weighted by Crippen LogP contribution is -2.42.